The minimum atomic E-state index is -3.40. The van der Waals surface area contributed by atoms with Crippen molar-refractivity contribution in [3.05, 3.63) is 34.9 Å². The molecule has 1 aromatic rings. The summed E-state index contributed by atoms with van der Waals surface area (Å²) in [5.74, 6) is -0.908. The summed E-state index contributed by atoms with van der Waals surface area (Å²) >= 11 is 6.16. The van der Waals surface area contributed by atoms with E-state index in [1.807, 2.05) is 0 Å². The van der Waals surface area contributed by atoms with Gasteiger partial charge in [0.05, 0.1) is 20.7 Å². The number of sulfone groups is 1. The highest BCUT2D eigenvalue weighted by atomic mass is 35.5. The summed E-state index contributed by atoms with van der Waals surface area (Å²) in [6, 6.07) is 4.39. The lowest BCUT2D eigenvalue weighted by Gasteiger charge is -2.19. The molecule has 1 heterocycles. The van der Waals surface area contributed by atoms with E-state index in [0.717, 1.165) is 12.8 Å². The molecule has 0 spiro atoms. The Bertz CT molecular complexity index is 774. The van der Waals surface area contributed by atoms with Crippen LogP contribution in [-0.4, -0.2) is 38.0 Å². The SMILES string of the molecule is O=C(O)C(=CC1CCOCC1)c1ccc(S(=O)(=O)C2CC2)c(Cl)c1. The number of rotatable bonds is 5. The molecule has 5 nitrogen and oxygen atoms in total. The molecule has 2 fully saturated rings. The summed E-state index contributed by atoms with van der Waals surface area (Å²) in [5, 5.41) is 9.25. The molecule has 1 aliphatic heterocycles. The van der Waals surface area contributed by atoms with Crippen molar-refractivity contribution in [3.63, 3.8) is 0 Å². The molecule has 0 amide bonds. The van der Waals surface area contributed by atoms with Crippen LogP contribution in [0.25, 0.3) is 5.57 Å². The third-order valence-corrected chi connectivity index (χ3v) is 7.15. The molecule has 24 heavy (non-hydrogen) atoms. The molecule has 1 saturated carbocycles. The summed E-state index contributed by atoms with van der Waals surface area (Å²) < 4.78 is 29.9. The van der Waals surface area contributed by atoms with Crippen molar-refractivity contribution in [2.24, 2.45) is 5.92 Å². The Morgan fingerprint density at radius 1 is 1.21 bits per heavy atom. The summed E-state index contributed by atoms with van der Waals surface area (Å²) in [4.78, 5) is 11.7. The molecule has 7 heteroatoms. The largest absolute Gasteiger partial charge is 0.478 e. The number of halogens is 1. The van der Waals surface area contributed by atoms with E-state index in [4.69, 9.17) is 16.3 Å². The number of carboxylic acid groups (broad SMARTS) is 1. The predicted molar refractivity (Wildman–Crippen MR) is 90.8 cm³/mol. The van der Waals surface area contributed by atoms with Gasteiger partial charge in [0.15, 0.2) is 9.84 Å². The minimum Gasteiger partial charge on any atom is -0.478 e. The van der Waals surface area contributed by atoms with E-state index < -0.39 is 15.8 Å². The third kappa shape index (κ3) is 3.66. The van der Waals surface area contributed by atoms with Crippen LogP contribution in [0.5, 0.6) is 0 Å². The first-order chi connectivity index (χ1) is 11.4. The molecule has 3 rings (SSSR count). The van der Waals surface area contributed by atoms with Gasteiger partial charge in [0.1, 0.15) is 0 Å². The molecule has 1 aliphatic carbocycles. The second-order valence-corrected chi connectivity index (χ2v) is 8.83. The smallest absolute Gasteiger partial charge is 0.335 e. The van der Waals surface area contributed by atoms with Crippen LogP contribution in [0.15, 0.2) is 29.2 Å². The first-order valence-corrected chi connectivity index (χ1v) is 9.88. The van der Waals surface area contributed by atoms with E-state index in [-0.39, 0.29) is 26.7 Å². The zero-order chi connectivity index (χ0) is 17.3. The molecule has 0 aromatic heterocycles. The summed E-state index contributed by atoms with van der Waals surface area (Å²) in [6.45, 7) is 1.24. The molecule has 0 bridgehead atoms. The molecule has 1 aromatic carbocycles. The van der Waals surface area contributed by atoms with Crippen LogP contribution in [0.3, 0.4) is 0 Å². The Labute approximate surface area is 146 Å². The highest BCUT2D eigenvalue weighted by Crippen LogP contribution is 2.37. The lowest BCUT2D eigenvalue weighted by atomic mass is 9.94. The van der Waals surface area contributed by atoms with Crippen LogP contribution in [0.4, 0.5) is 0 Å². The number of carboxylic acids is 1. The minimum absolute atomic E-state index is 0.0820. The van der Waals surface area contributed by atoms with Gasteiger partial charge in [-0.3, -0.25) is 0 Å². The van der Waals surface area contributed by atoms with Crippen molar-refractivity contribution in [2.45, 2.75) is 35.8 Å². The van der Waals surface area contributed by atoms with Crippen molar-refractivity contribution in [2.75, 3.05) is 13.2 Å². The Morgan fingerprint density at radius 2 is 1.88 bits per heavy atom. The number of hydrogen-bond acceptors (Lipinski definition) is 4. The fraction of sp³-hybridized carbons (Fsp3) is 0.471. The molecule has 1 N–H and O–H groups in total. The van der Waals surface area contributed by atoms with E-state index in [1.165, 1.54) is 18.2 Å². The second kappa shape index (κ2) is 6.86. The van der Waals surface area contributed by atoms with Crippen LogP contribution >= 0.6 is 11.6 Å². The first kappa shape index (κ1) is 17.5. The maximum Gasteiger partial charge on any atom is 0.335 e. The number of aliphatic carboxylic acids is 1. The number of carbonyl (C=O) groups is 1. The maximum absolute atomic E-state index is 12.3. The van der Waals surface area contributed by atoms with Crippen molar-refractivity contribution >= 4 is 33.0 Å². The fourth-order valence-electron chi connectivity index (χ4n) is 2.87. The normalized spacial score (nSPS) is 20.1. The van der Waals surface area contributed by atoms with E-state index in [0.29, 0.717) is 31.6 Å². The van der Waals surface area contributed by atoms with E-state index >= 15 is 0 Å². The van der Waals surface area contributed by atoms with Gasteiger partial charge in [0, 0.05) is 13.2 Å². The highest BCUT2D eigenvalue weighted by Gasteiger charge is 2.38. The molecule has 1 saturated heterocycles. The highest BCUT2D eigenvalue weighted by molar-refractivity contribution is 7.92. The molecule has 0 unspecified atom stereocenters. The maximum atomic E-state index is 12.3. The van der Waals surface area contributed by atoms with Crippen LogP contribution in [0.2, 0.25) is 5.02 Å². The Morgan fingerprint density at radius 3 is 2.42 bits per heavy atom. The van der Waals surface area contributed by atoms with Crippen LogP contribution in [0.1, 0.15) is 31.2 Å². The lowest BCUT2D eigenvalue weighted by molar-refractivity contribution is -0.130. The van der Waals surface area contributed by atoms with Crippen molar-refractivity contribution in [1.29, 1.82) is 0 Å². The average molecular weight is 371 g/mol. The predicted octanol–water partition coefficient (Wildman–Crippen LogP) is 3.17. The quantitative estimate of drug-likeness (QED) is 0.805. The van der Waals surface area contributed by atoms with Gasteiger partial charge >= 0.3 is 5.97 Å². The zero-order valence-electron chi connectivity index (χ0n) is 13.1. The first-order valence-electron chi connectivity index (χ1n) is 7.96. The van der Waals surface area contributed by atoms with Crippen LogP contribution in [0, 0.1) is 5.92 Å². The molecule has 130 valence electrons. The van der Waals surface area contributed by atoms with Gasteiger partial charge in [-0.05, 0) is 49.3 Å². The number of ether oxygens (including phenoxy) is 1. The fourth-order valence-corrected chi connectivity index (χ4v) is 5.07. The standard InChI is InChI=1S/C17H19ClO5S/c18-15-10-12(1-4-16(15)24(21,22)13-2-3-13)14(17(19)20)9-11-5-7-23-8-6-11/h1,4,9-11,13H,2-3,5-8H2,(H,19,20). The second-order valence-electron chi connectivity index (χ2n) is 6.22. The van der Waals surface area contributed by atoms with Crippen molar-refractivity contribution in [1.82, 2.24) is 0 Å². The van der Waals surface area contributed by atoms with Gasteiger partial charge in [-0.2, -0.15) is 0 Å². The van der Waals surface area contributed by atoms with Gasteiger partial charge in [-0.25, -0.2) is 13.2 Å². The van der Waals surface area contributed by atoms with Crippen molar-refractivity contribution < 1.29 is 23.1 Å². The van der Waals surface area contributed by atoms with Crippen molar-refractivity contribution in [3.8, 4) is 0 Å². The van der Waals surface area contributed by atoms with E-state index in [9.17, 15) is 18.3 Å². The van der Waals surface area contributed by atoms with Gasteiger partial charge in [-0.1, -0.05) is 23.7 Å². The lowest BCUT2D eigenvalue weighted by Crippen LogP contribution is -2.15. The van der Waals surface area contributed by atoms with E-state index in [2.05, 4.69) is 0 Å². The average Bonchev–Trinajstić information content (AvgIpc) is 3.38. The molecule has 2 aliphatic rings. The summed E-state index contributed by atoms with van der Waals surface area (Å²) in [7, 11) is -3.40. The number of benzene rings is 1. The number of hydrogen-bond donors (Lipinski definition) is 1. The van der Waals surface area contributed by atoms with Gasteiger partial charge in [-0.15, -0.1) is 0 Å². The van der Waals surface area contributed by atoms with Crippen LogP contribution in [-0.2, 0) is 19.4 Å². The monoisotopic (exact) mass is 370 g/mol. The third-order valence-electron chi connectivity index (χ3n) is 4.41. The van der Waals surface area contributed by atoms with Gasteiger partial charge in [0.2, 0.25) is 0 Å². The van der Waals surface area contributed by atoms with Gasteiger partial charge < -0.3 is 9.84 Å². The topological polar surface area (TPSA) is 80.7 Å². The van der Waals surface area contributed by atoms with Crippen LogP contribution < -0.4 is 0 Å². The Balaban J connectivity index is 1.93. The molecular formula is C17H19ClO5S. The summed E-state index contributed by atoms with van der Waals surface area (Å²) in [5.41, 5.74) is 0.577. The molecule has 0 atom stereocenters. The molecule has 0 radical (unpaired) electrons. The summed E-state index contributed by atoms with van der Waals surface area (Å²) in [6.07, 6.45) is 4.60. The Hall–Kier alpha value is -1.37. The Kier molecular flexibility index (Phi) is 4.99. The van der Waals surface area contributed by atoms with E-state index in [1.54, 1.807) is 6.08 Å². The number of allylic oxidation sites excluding steroid dienone is 1. The van der Waals surface area contributed by atoms with Gasteiger partial charge in [0.25, 0.3) is 0 Å². The zero-order valence-corrected chi connectivity index (χ0v) is 14.6. The molecular weight excluding hydrogens is 352 g/mol.